The molecule has 1 unspecified atom stereocenters. The van der Waals surface area contributed by atoms with Gasteiger partial charge in [0.2, 0.25) is 11.8 Å². The van der Waals surface area contributed by atoms with Crippen LogP contribution in [0.1, 0.15) is 24.3 Å². The molecule has 0 aliphatic carbocycles. The number of hydrogen-bond donors (Lipinski definition) is 2. The van der Waals surface area contributed by atoms with Crippen LogP contribution in [-0.2, 0) is 16.6 Å². The van der Waals surface area contributed by atoms with E-state index >= 15 is 0 Å². The van der Waals surface area contributed by atoms with Crippen molar-refractivity contribution in [3.63, 3.8) is 0 Å². The minimum Gasteiger partial charge on any atom is -0.316 e. The van der Waals surface area contributed by atoms with E-state index < -0.39 is 11.8 Å². The number of pyridine rings is 1. The van der Waals surface area contributed by atoms with Gasteiger partial charge in [0.25, 0.3) is 5.56 Å². The number of hydrogen-bond acceptors (Lipinski definition) is 5. The monoisotopic (exact) mass is 248 g/mol. The van der Waals surface area contributed by atoms with E-state index in [1.54, 1.807) is 0 Å². The second-order valence-corrected chi connectivity index (χ2v) is 4.19. The van der Waals surface area contributed by atoms with Gasteiger partial charge in [-0.2, -0.15) is 5.11 Å². The number of nitrogens with one attached hydrogen (secondary N) is 2. The molecule has 1 atom stereocenters. The van der Waals surface area contributed by atoms with Gasteiger partial charge in [0, 0.05) is 25.2 Å². The summed E-state index contributed by atoms with van der Waals surface area (Å²) in [5.41, 5.74) is 7.23. The molecule has 1 aromatic rings. The van der Waals surface area contributed by atoms with Crippen molar-refractivity contribution in [1.82, 2.24) is 9.88 Å². The topological polar surface area (TPSA) is 104 Å². The van der Waals surface area contributed by atoms with Crippen LogP contribution in [0.2, 0.25) is 0 Å². The lowest BCUT2D eigenvalue weighted by molar-refractivity contribution is -0.134. The van der Waals surface area contributed by atoms with Crippen LogP contribution in [-0.4, -0.2) is 16.4 Å². The highest BCUT2D eigenvalue weighted by molar-refractivity contribution is 6.00. The molecule has 18 heavy (non-hydrogen) atoms. The molecule has 1 aromatic heterocycles. The van der Waals surface area contributed by atoms with Crippen LogP contribution in [0.15, 0.2) is 22.2 Å². The SMILES string of the molecule is Cn1cc(N=N)cc(C2CCC(=O)NC2=O)c1=O. The second kappa shape index (κ2) is 4.52. The zero-order valence-electron chi connectivity index (χ0n) is 9.77. The number of amides is 2. The van der Waals surface area contributed by atoms with E-state index in [0.717, 1.165) is 0 Å². The predicted molar refractivity (Wildman–Crippen MR) is 61.6 cm³/mol. The third kappa shape index (κ3) is 2.06. The summed E-state index contributed by atoms with van der Waals surface area (Å²) in [6.45, 7) is 0. The Labute approximate surface area is 102 Å². The van der Waals surface area contributed by atoms with Crippen molar-refractivity contribution >= 4 is 17.5 Å². The van der Waals surface area contributed by atoms with Crippen LogP contribution < -0.4 is 10.9 Å². The number of piperidine rings is 1. The maximum absolute atomic E-state index is 12.0. The van der Waals surface area contributed by atoms with Gasteiger partial charge in [-0.05, 0) is 12.5 Å². The Morgan fingerprint density at radius 2 is 2.17 bits per heavy atom. The third-order valence-electron chi connectivity index (χ3n) is 2.94. The highest BCUT2D eigenvalue weighted by atomic mass is 16.2. The van der Waals surface area contributed by atoms with Gasteiger partial charge < -0.3 is 4.57 Å². The van der Waals surface area contributed by atoms with Gasteiger partial charge in [-0.25, -0.2) is 5.53 Å². The Morgan fingerprint density at radius 1 is 1.44 bits per heavy atom. The summed E-state index contributed by atoms with van der Waals surface area (Å²) < 4.78 is 1.28. The first-order valence-corrected chi connectivity index (χ1v) is 5.44. The molecule has 0 saturated carbocycles. The molecule has 2 heterocycles. The average molecular weight is 248 g/mol. The van der Waals surface area contributed by atoms with Crippen molar-refractivity contribution in [2.24, 2.45) is 12.2 Å². The highest BCUT2D eigenvalue weighted by Gasteiger charge is 2.30. The normalized spacial score (nSPS) is 19.5. The molecule has 1 aliphatic rings. The second-order valence-electron chi connectivity index (χ2n) is 4.19. The Kier molecular flexibility index (Phi) is 3.05. The Bertz CT molecular complexity index is 590. The maximum atomic E-state index is 12.0. The van der Waals surface area contributed by atoms with Crippen LogP contribution >= 0.6 is 0 Å². The molecule has 1 fully saturated rings. The lowest BCUT2D eigenvalue weighted by Gasteiger charge is -2.20. The van der Waals surface area contributed by atoms with Gasteiger partial charge in [-0.15, -0.1) is 0 Å². The summed E-state index contributed by atoms with van der Waals surface area (Å²) >= 11 is 0. The van der Waals surface area contributed by atoms with Crippen molar-refractivity contribution < 1.29 is 9.59 Å². The van der Waals surface area contributed by atoms with Crippen LogP contribution in [0.4, 0.5) is 5.69 Å². The molecule has 0 spiro atoms. The van der Waals surface area contributed by atoms with E-state index in [0.29, 0.717) is 12.1 Å². The van der Waals surface area contributed by atoms with Crippen LogP contribution in [0.3, 0.4) is 0 Å². The van der Waals surface area contributed by atoms with E-state index in [-0.39, 0.29) is 23.5 Å². The number of aromatic nitrogens is 1. The van der Waals surface area contributed by atoms with E-state index in [4.69, 9.17) is 5.53 Å². The van der Waals surface area contributed by atoms with Crippen LogP contribution in [0, 0.1) is 5.53 Å². The molecule has 2 amide bonds. The van der Waals surface area contributed by atoms with Gasteiger partial charge in [0.05, 0.1) is 5.92 Å². The summed E-state index contributed by atoms with van der Waals surface area (Å²) in [5, 5.41) is 5.47. The van der Waals surface area contributed by atoms with Gasteiger partial charge in [-0.3, -0.25) is 19.7 Å². The first-order valence-electron chi connectivity index (χ1n) is 5.44. The lowest BCUT2D eigenvalue weighted by atomic mass is 9.91. The Balaban J connectivity index is 2.47. The quantitative estimate of drug-likeness (QED) is 0.590. The molecule has 1 aliphatic heterocycles. The van der Waals surface area contributed by atoms with Gasteiger partial charge in [0.15, 0.2) is 0 Å². The molecular weight excluding hydrogens is 236 g/mol. The van der Waals surface area contributed by atoms with Gasteiger partial charge >= 0.3 is 0 Å². The number of carbonyl (C=O) groups excluding carboxylic acids is 2. The summed E-state index contributed by atoms with van der Waals surface area (Å²) in [7, 11) is 1.53. The molecule has 94 valence electrons. The number of rotatable bonds is 2. The number of imide groups is 1. The number of aryl methyl sites for hydroxylation is 1. The van der Waals surface area contributed by atoms with Crippen LogP contribution in [0.25, 0.3) is 0 Å². The summed E-state index contributed by atoms with van der Waals surface area (Å²) in [4.78, 5) is 34.7. The molecule has 7 heteroatoms. The molecule has 2 rings (SSSR count). The zero-order valence-corrected chi connectivity index (χ0v) is 9.77. The minimum absolute atomic E-state index is 0.210. The van der Waals surface area contributed by atoms with Crippen molar-refractivity contribution in [2.75, 3.05) is 0 Å². The van der Waals surface area contributed by atoms with Gasteiger partial charge in [0.1, 0.15) is 5.69 Å². The molecule has 2 N–H and O–H groups in total. The first-order chi connectivity index (χ1) is 8.52. The molecule has 1 saturated heterocycles. The molecule has 0 bridgehead atoms. The van der Waals surface area contributed by atoms with E-state index in [1.165, 1.54) is 23.9 Å². The summed E-state index contributed by atoms with van der Waals surface area (Å²) in [5.74, 6) is -1.44. The van der Waals surface area contributed by atoms with Crippen LogP contribution in [0.5, 0.6) is 0 Å². The largest absolute Gasteiger partial charge is 0.316 e. The fourth-order valence-electron chi connectivity index (χ4n) is 2.02. The first kappa shape index (κ1) is 12.2. The van der Waals surface area contributed by atoms with Gasteiger partial charge in [-0.1, -0.05) is 0 Å². The van der Waals surface area contributed by atoms with E-state index in [2.05, 4.69) is 10.4 Å². The zero-order chi connectivity index (χ0) is 13.3. The van der Waals surface area contributed by atoms with Crippen molar-refractivity contribution in [3.05, 3.63) is 28.2 Å². The molecule has 0 radical (unpaired) electrons. The average Bonchev–Trinajstić information content (AvgIpc) is 2.33. The standard InChI is InChI=1S/C11H12N4O3/c1-15-5-6(14-12)4-8(11(15)18)7-2-3-9(16)13-10(7)17/h4-5,7,12H,2-3H2,1H3,(H,13,16,17). The fraction of sp³-hybridized carbons (Fsp3) is 0.364. The Hall–Kier alpha value is -2.31. The smallest absolute Gasteiger partial charge is 0.254 e. The molecule has 0 aromatic carbocycles. The van der Waals surface area contributed by atoms with Crippen molar-refractivity contribution in [3.8, 4) is 0 Å². The maximum Gasteiger partial charge on any atom is 0.254 e. The Morgan fingerprint density at radius 3 is 2.78 bits per heavy atom. The molecular formula is C11H12N4O3. The highest BCUT2D eigenvalue weighted by Crippen LogP contribution is 2.24. The third-order valence-corrected chi connectivity index (χ3v) is 2.94. The van der Waals surface area contributed by atoms with E-state index in [1.807, 2.05) is 0 Å². The van der Waals surface area contributed by atoms with Crippen molar-refractivity contribution in [2.45, 2.75) is 18.8 Å². The summed E-state index contributed by atoms with van der Waals surface area (Å²) in [6, 6.07) is 1.43. The number of nitrogens with zero attached hydrogens (tertiary/aromatic N) is 2. The van der Waals surface area contributed by atoms with Crippen molar-refractivity contribution in [1.29, 1.82) is 5.53 Å². The predicted octanol–water partition coefficient (Wildman–Crippen LogP) is 0.568. The van der Waals surface area contributed by atoms with E-state index in [9.17, 15) is 14.4 Å². The number of carbonyl (C=O) groups is 2. The summed E-state index contributed by atoms with van der Waals surface area (Å²) in [6.07, 6.45) is 1.94. The molecule has 7 nitrogen and oxygen atoms in total. The lowest BCUT2D eigenvalue weighted by Crippen LogP contribution is -2.41. The fourth-order valence-corrected chi connectivity index (χ4v) is 2.02. The minimum atomic E-state index is -0.650.